The van der Waals surface area contributed by atoms with Gasteiger partial charge in [-0.05, 0) is 50.2 Å². The lowest BCUT2D eigenvalue weighted by Gasteiger charge is -2.10. The van der Waals surface area contributed by atoms with E-state index in [4.69, 9.17) is 9.15 Å². The summed E-state index contributed by atoms with van der Waals surface area (Å²) in [7, 11) is -2.39. The molecule has 1 heterocycles. The number of hydrogen-bond donors (Lipinski definition) is 1. The Morgan fingerprint density at radius 1 is 1.14 bits per heavy atom. The molecule has 0 bridgehead atoms. The topological polar surface area (TPSA) is 103 Å². The van der Waals surface area contributed by atoms with E-state index >= 15 is 0 Å². The molecule has 3 aromatic rings. The number of carbonyl (C=O) groups is 1. The summed E-state index contributed by atoms with van der Waals surface area (Å²) < 4.78 is 36.6. The van der Waals surface area contributed by atoms with Gasteiger partial charge in [-0.2, -0.15) is 0 Å². The number of ether oxygens (including phenoxy) is 1. The van der Waals surface area contributed by atoms with Gasteiger partial charge in [-0.1, -0.05) is 18.2 Å². The number of carbonyl (C=O) groups excluding carboxylic acids is 1. The first kappa shape index (κ1) is 19.8. The van der Waals surface area contributed by atoms with Gasteiger partial charge in [0.1, 0.15) is 12.2 Å². The van der Waals surface area contributed by atoms with Crippen molar-refractivity contribution in [3.63, 3.8) is 0 Å². The molecule has 0 spiro atoms. The van der Waals surface area contributed by atoms with Crippen LogP contribution < -0.4 is 10.3 Å². The summed E-state index contributed by atoms with van der Waals surface area (Å²) in [5.41, 5.74) is 2.35. The van der Waals surface area contributed by atoms with Crippen LogP contribution in [0.5, 0.6) is 0 Å². The molecule has 0 saturated carbocycles. The zero-order valence-electron chi connectivity index (χ0n) is 15.6. The molecule has 0 unspecified atom stereocenters. The molecule has 0 aliphatic carbocycles. The van der Waals surface area contributed by atoms with Crippen LogP contribution in [0.25, 0.3) is 11.0 Å². The van der Waals surface area contributed by atoms with Crippen molar-refractivity contribution in [2.75, 3.05) is 7.05 Å². The number of rotatable bonds is 5. The predicted molar refractivity (Wildman–Crippen MR) is 104 cm³/mol. The van der Waals surface area contributed by atoms with E-state index in [9.17, 15) is 18.0 Å². The van der Waals surface area contributed by atoms with E-state index in [-0.39, 0.29) is 17.1 Å². The third-order valence-electron chi connectivity index (χ3n) is 4.52. The van der Waals surface area contributed by atoms with Crippen LogP contribution in [0.15, 0.2) is 56.6 Å². The van der Waals surface area contributed by atoms with Crippen LogP contribution in [0.2, 0.25) is 0 Å². The second-order valence-corrected chi connectivity index (χ2v) is 8.17. The molecule has 146 valence electrons. The van der Waals surface area contributed by atoms with Gasteiger partial charge in [0.15, 0.2) is 0 Å². The molecule has 7 nitrogen and oxygen atoms in total. The maximum atomic E-state index is 12.4. The normalized spacial score (nSPS) is 11.5. The average molecular weight is 401 g/mol. The van der Waals surface area contributed by atoms with Crippen molar-refractivity contribution in [3.8, 4) is 0 Å². The maximum Gasteiger partial charge on any atom is 0.338 e. The van der Waals surface area contributed by atoms with Crippen molar-refractivity contribution < 1.29 is 22.4 Å². The summed E-state index contributed by atoms with van der Waals surface area (Å²) in [6.07, 6.45) is 0. The molecule has 1 N–H and O–H groups in total. The Hall–Kier alpha value is -2.97. The van der Waals surface area contributed by atoms with Gasteiger partial charge >= 0.3 is 11.6 Å². The Morgan fingerprint density at radius 2 is 1.89 bits per heavy atom. The Bertz CT molecular complexity index is 1230. The van der Waals surface area contributed by atoms with Crippen LogP contribution in [0.4, 0.5) is 0 Å². The van der Waals surface area contributed by atoms with E-state index in [0.717, 1.165) is 11.1 Å². The number of nitrogens with one attached hydrogen (secondary N) is 1. The highest BCUT2D eigenvalue weighted by molar-refractivity contribution is 7.89. The minimum atomic E-state index is -3.68. The minimum Gasteiger partial charge on any atom is -0.457 e. The summed E-state index contributed by atoms with van der Waals surface area (Å²) in [5, 5.41) is 0.682. The lowest BCUT2D eigenvalue weighted by Crippen LogP contribution is -2.19. The second kappa shape index (κ2) is 7.57. The van der Waals surface area contributed by atoms with Gasteiger partial charge in [0.2, 0.25) is 10.0 Å². The molecular weight excluding hydrogens is 382 g/mol. The standard InChI is InChI=1S/C20H19NO6S/c1-12-7-8-17-15(10-18(22)27-19(17)13(12)2)11-26-20(23)14-5-4-6-16(9-14)28(24,25)21-3/h4-10,21H,11H2,1-3H3. The summed E-state index contributed by atoms with van der Waals surface area (Å²) in [4.78, 5) is 24.2. The molecular formula is C20H19NO6S. The summed E-state index contributed by atoms with van der Waals surface area (Å²) in [6, 6.07) is 10.5. The van der Waals surface area contributed by atoms with Crippen LogP contribution in [-0.4, -0.2) is 21.4 Å². The fraction of sp³-hybridized carbons (Fsp3) is 0.200. The molecule has 0 aliphatic rings. The smallest absolute Gasteiger partial charge is 0.338 e. The average Bonchev–Trinajstić information content (AvgIpc) is 2.69. The molecule has 28 heavy (non-hydrogen) atoms. The minimum absolute atomic E-state index is 0.0404. The first-order valence-electron chi connectivity index (χ1n) is 8.46. The van der Waals surface area contributed by atoms with Gasteiger partial charge in [0.25, 0.3) is 0 Å². The molecule has 0 aliphatic heterocycles. The third kappa shape index (κ3) is 3.83. The van der Waals surface area contributed by atoms with Crippen molar-refractivity contribution in [1.29, 1.82) is 0 Å². The maximum absolute atomic E-state index is 12.4. The molecule has 8 heteroatoms. The number of benzene rings is 2. The molecule has 0 amide bonds. The quantitative estimate of drug-likeness (QED) is 0.521. The van der Waals surface area contributed by atoms with E-state index in [0.29, 0.717) is 16.5 Å². The van der Waals surface area contributed by atoms with E-state index in [1.54, 1.807) is 0 Å². The predicted octanol–water partition coefficient (Wildman–Crippen LogP) is 2.67. The Labute approximate surface area is 162 Å². The molecule has 1 aromatic heterocycles. The van der Waals surface area contributed by atoms with Crippen molar-refractivity contribution in [1.82, 2.24) is 4.72 Å². The fourth-order valence-corrected chi connectivity index (χ4v) is 3.55. The lowest BCUT2D eigenvalue weighted by atomic mass is 10.0. The van der Waals surface area contributed by atoms with Gasteiger partial charge in [-0.3, -0.25) is 0 Å². The third-order valence-corrected chi connectivity index (χ3v) is 5.94. The highest BCUT2D eigenvalue weighted by Crippen LogP contribution is 2.24. The van der Waals surface area contributed by atoms with Crippen LogP contribution in [0, 0.1) is 13.8 Å². The lowest BCUT2D eigenvalue weighted by molar-refractivity contribution is 0.0473. The Balaban J connectivity index is 1.89. The summed E-state index contributed by atoms with van der Waals surface area (Å²) in [5.74, 6) is -0.696. The monoisotopic (exact) mass is 401 g/mol. The van der Waals surface area contributed by atoms with E-state index < -0.39 is 21.6 Å². The van der Waals surface area contributed by atoms with Crippen molar-refractivity contribution in [2.45, 2.75) is 25.3 Å². The fourth-order valence-electron chi connectivity index (χ4n) is 2.78. The van der Waals surface area contributed by atoms with Crippen LogP contribution in [0.3, 0.4) is 0 Å². The first-order valence-corrected chi connectivity index (χ1v) is 9.95. The number of esters is 1. The van der Waals surface area contributed by atoms with E-state index in [1.165, 1.54) is 37.4 Å². The molecule has 0 fully saturated rings. The van der Waals surface area contributed by atoms with E-state index in [1.807, 2.05) is 26.0 Å². The number of hydrogen-bond acceptors (Lipinski definition) is 6. The number of sulfonamides is 1. The molecule has 3 rings (SSSR count). The van der Waals surface area contributed by atoms with Gasteiger partial charge in [0, 0.05) is 17.0 Å². The number of fused-ring (bicyclic) bond motifs is 1. The van der Waals surface area contributed by atoms with E-state index in [2.05, 4.69) is 4.72 Å². The van der Waals surface area contributed by atoms with Crippen LogP contribution >= 0.6 is 0 Å². The van der Waals surface area contributed by atoms with Crippen molar-refractivity contribution in [2.24, 2.45) is 0 Å². The SMILES string of the molecule is CNS(=O)(=O)c1cccc(C(=O)OCc2cc(=O)oc3c(C)c(C)ccc23)c1. The molecule has 0 radical (unpaired) electrons. The zero-order chi connectivity index (χ0) is 20.5. The first-order chi connectivity index (χ1) is 13.2. The van der Waals surface area contributed by atoms with Crippen LogP contribution in [-0.2, 0) is 21.4 Å². The van der Waals surface area contributed by atoms with Crippen molar-refractivity contribution in [3.05, 3.63) is 75.1 Å². The highest BCUT2D eigenvalue weighted by Gasteiger charge is 2.16. The molecule has 0 atom stereocenters. The Morgan fingerprint density at radius 3 is 2.61 bits per heavy atom. The summed E-state index contributed by atoms with van der Waals surface area (Å²) >= 11 is 0. The summed E-state index contributed by atoms with van der Waals surface area (Å²) in [6.45, 7) is 3.62. The van der Waals surface area contributed by atoms with Crippen LogP contribution in [0.1, 0.15) is 27.0 Å². The van der Waals surface area contributed by atoms with Gasteiger partial charge in [0.05, 0.1) is 10.5 Å². The van der Waals surface area contributed by atoms with Crippen molar-refractivity contribution >= 4 is 27.0 Å². The largest absolute Gasteiger partial charge is 0.457 e. The highest BCUT2D eigenvalue weighted by atomic mass is 32.2. The van der Waals surface area contributed by atoms with Gasteiger partial charge in [-0.15, -0.1) is 0 Å². The zero-order valence-corrected chi connectivity index (χ0v) is 16.4. The molecule has 2 aromatic carbocycles. The van der Waals surface area contributed by atoms with Gasteiger partial charge in [-0.25, -0.2) is 22.7 Å². The molecule has 0 saturated heterocycles. The number of aryl methyl sites for hydroxylation is 2. The second-order valence-electron chi connectivity index (χ2n) is 6.29. The Kier molecular flexibility index (Phi) is 5.35. The van der Waals surface area contributed by atoms with Gasteiger partial charge < -0.3 is 9.15 Å².